The lowest BCUT2D eigenvalue weighted by molar-refractivity contribution is 0.0437. The van der Waals surface area contributed by atoms with E-state index in [9.17, 15) is 0 Å². The predicted octanol–water partition coefficient (Wildman–Crippen LogP) is 2.52. The Morgan fingerprint density at radius 1 is 1.44 bits per heavy atom. The summed E-state index contributed by atoms with van der Waals surface area (Å²) < 4.78 is 2.01. The quantitative estimate of drug-likeness (QED) is 0.849. The van der Waals surface area contributed by atoms with Crippen LogP contribution in [0.3, 0.4) is 0 Å². The third-order valence-corrected chi connectivity index (χ3v) is 4.62. The number of nitrogens with zero attached hydrogens (tertiary/aromatic N) is 2. The van der Waals surface area contributed by atoms with Gasteiger partial charge in [0.2, 0.25) is 0 Å². The summed E-state index contributed by atoms with van der Waals surface area (Å²) in [6.07, 6.45) is 7.69. The van der Waals surface area contributed by atoms with Gasteiger partial charge >= 0.3 is 0 Å². The summed E-state index contributed by atoms with van der Waals surface area (Å²) >= 11 is 0. The number of nitrogens with two attached hydrogens (primary N) is 1. The zero-order chi connectivity index (χ0) is 11.8. The van der Waals surface area contributed by atoms with Crippen LogP contribution in [0.15, 0.2) is 12.4 Å². The first-order valence-electron chi connectivity index (χ1n) is 6.45. The second kappa shape index (κ2) is 4.21. The van der Waals surface area contributed by atoms with Crippen LogP contribution in [0.25, 0.3) is 0 Å². The Morgan fingerprint density at radius 2 is 2.12 bits per heavy atom. The monoisotopic (exact) mass is 221 g/mol. The molecule has 0 spiro atoms. The van der Waals surface area contributed by atoms with Gasteiger partial charge in [0.1, 0.15) is 0 Å². The van der Waals surface area contributed by atoms with Gasteiger partial charge in [0, 0.05) is 18.8 Å². The lowest BCUT2D eigenvalue weighted by Crippen LogP contribution is -2.55. The number of aromatic nitrogens is 2. The van der Waals surface area contributed by atoms with Crippen molar-refractivity contribution >= 4 is 0 Å². The molecule has 16 heavy (non-hydrogen) atoms. The van der Waals surface area contributed by atoms with Crippen LogP contribution >= 0.6 is 0 Å². The molecular formula is C13H23N3. The van der Waals surface area contributed by atoms with Crippen molar-refractivity contribution in [3.05, 3.63) is 18.0 Å². The van der Waals surface area contributed by atoms with E-state index >= 15 is 0 Å². The molecule has 0 bridgehead atoms. The Hall–Kier alpha value is -0.830. The number of aryl methyl sites for hydroxylation is 1. The maximum absolute atomic E-state index is 6.22. The van der Waals surface area contributed by atoms with Crippen molar-refractivity contribution < 1.29 is 0 Å². The van der Waals surface area contributed by atoms with E-state index in [1.165, 1.54) is 18.4 Å². The Morgan fingerprint density at radius 3 is 2.56 bits per heavy atom. The van der Waals surface area contributed by atoms with Crippen molar-refractivity contribution in [2.45, 2.75) is 58.5 Å². The van der Waals surface area contributed by atoms with Gasteiger partial charge < -0.3 is 5.73 Å². The van der Waals surface area contributed by atoms with Gasteiger partial charge in [-0.25, -0.2) is 0 Å². The number of hydrogen-bond donors (Lipinski definition) is 1. The highest BCUT2D eigenvalue weighted by Gasteiger charge is 2.51. The van der Waals surface area contributed by atoms with Crippen LogP contribution < -0.4 is 5.73 Å². The van der Waals surface area contributed by atoms with E-state index in [0.29, 0.717) is 17.4 Å². The summed E-state index contributed by atoms with van der Waals surface area (Å²) in [5, 5.41) is 4.37. The Bertz CT molecular complexity index is 352. The summed E-state index contributed by atoms with van der Waals surface area (Å²) in [6, 6.07) is 0.373. The fourth-order valence-electron chi connectivity index (χ4n) is 3.29. The van der Waals surface area contributed by atoms with Gasteiger partial charge in [0.25, 0.3) is 0 Å². The largest absolute Gasteiger partial charge is 0.327 e. The lowest BCUT2D eigenvalue weighted by atomic mass is 9.52. The van der Waals surface area contributed by atoms with Crippen LogP contribution in [0.4, 0.5) is 0 Å². The highest BCUT2D eigenvalue weighted by Crippen LogP contribution is 2.56. The molecule has 0 aromatic carbocycles. The Labute approximate surface area is 98.0 Å². The molecule has 1 heterocycles. The predicted molar refractivity (Wildman–Crippen MR) is 66.2 cm³/mol. The molecule has 3 nitrogen and oxygen atoms in total. The van der Waals surface area contributed by atoms with E-state index in [1.807, 2.05) is 10.9 Å². The maximum atomic E-state index is 6.22. The van der Waals surface area contributed by atoms with E-state index < -0.39 is 0 Å². The van der Waals surface area contributed by atoms with Crippen molar-refractivity contribution in [2.24, 2.45) is 11.1 Å². The Kier molecular flexibility index (Phi) is 3.06. The molecule has 3 heteroatoms. The van der Waals surface area contributed by atoms with E-state index in [2.05, 4.69) is 32.1 Å². The molecule has 2 atom stereocenters. The molecule has 2 N–H and O–H groups in total. The van der Waals surface area contributed by atoms with Gasteiger partial charge in [0.05, 0.1) is 6.20 Å². The third kappa shape index (κ3) is 1.49. The lowest BCUT2D eigenvalue weighted by Gasteiger charge is -2.54. The minimum absolute atomic E-state index is 0.321. The van der Waals surface area contributed by atoms with Crippen molar-refractivity contribution in [1.29, 1.82) is 0 Å². The molecule has 1 aromatic rings. The highest BCUT2D eigenvalue weighted by atomic mass is 15.3. The first-order chi connectivity index (χ1) is 7.67. The van der Waals surface area contributed by atoms with Crippen molar-refractivity contribution in [3.8, 4) is 0 Å². The molecule has 0 amide bonds. The molecule has 1 aliphatic rings. The first kappa shape index (κ1) is 11.6. The molecule has 1 aliphatic carbocycles. The van der Waals surface area contributed by atoms with E-state index in [4.69, 9.17) is 5.73 Å². The molecule has 1 saturated carbocycles. The number of rotatable bonds is 4. The fraction of sp³-hybridized carbons (Fsp3) is 0.769. The molecule has 1 aromatic heterocycles. The van der Waals surface area contributed by atoms with Gasteiger partial charge in [-0.3, -0.25) is 4.68 Å². The summed E-state index contributed by atoms with van der Waals surface area (Å²) in [7, 11) is 0. The zero-order valence-corrected chi connectivity index (χ0v) is 10.6. The van der Waals surface area contributed by atoms with E-state index in [-0.39, 0.29) is 0 Å². The average molecular weight is 221 g/mol. The van der Waals surface area contributed by atoms with Crippen molar-refractivity contribution in [1.82, 2.24) is 9.78 Å². The smallest absolute Gasteiger partial charge is 0.0524 e. The second-order valence-corrected chi connectivity index (χ2v) is 4.96. The van der Waals surface area contributed by atoms with Gasteiger partial charge in [0.15, 0.2) is 0 Å². The van der Waals surface area contributed by atoms with Crippen LogP contribution in [-0.2, 0) is 6.54 Å². The average Bonchev–Trinajstić information content (AvgIpc) is 2.75. The summed E-state index contributed by atoms with van der Waals surface area (Å²) in [5.41, 5.74) is 7.92. The zero-order valence-electron chi connectivity index (χ0n) is 10.6. The Balaban J connectivity index is 2.22. The summed E-state index contributed by atoms with van der Waals surface area (Å²) in [6.45, 7) is 7.60. The molecule has 0 aliphatic heterocycles. The van der Waals surface area contributed by atoms with Gasteiger partial charge in [-0.2, -0.15) is 5.10 Å². The minimum atomic E-state index is 0.321. The topological polar surface area (TPSA) is 43.8 Å². The maximum Gasteiger partial charge on any atom is 0.0524 e. The fourth-order valence-corrected chi connectivity index (χ4v) is 3.29. The van der Waals surface area contributed by atoms with Gasteiger partial charge in [-0.15, -0.1) is 0 Å². The van der Waals surface area contributed by atoms with Crippen LogP contribution in [0.5, 0.6) is 0 Å². The van der Waals surface area contributed by atoms with Gasteiger partial charge in [-0.1, -0.05) is 13.8 Å². The van der Waals surface area contributed by atoms with Crippen LogP contribution in [0, 0.1) is 5.41 Å². The third-order valence-electron chi connectivity index (χ3n) is 4.62. The molecule has 1 fully saturated rings. The second-order valence-electron chi connectivity index (χ2n) is 4.96. The van der Waals surface area contributed by atoms with Crippen LogP contribution in [-0.4, -0.2) is 15.8 Å². The van der Waals surface area contributed by atoms with Crippen molar-refractivity contribution in [3.63, 3.8) is 0 Å². The normalized spacial score (nSPS) is 27.8. The molecule has 2 unspecified atom stereocenters. The molecule has 2 rings (SSSR count). The molecule has 0 saturated heterocycles. The molecule has 0 radical (unpaired) electrons. The number of hydrogen-bond acceptors (Lipinski definition) is 2. The van der Waals surface area contributed by atoms with Crippen molar-refractivity contribution in [2.75, 3.05) is 0 Å². The summed E-state index contributed by atoms with van der Waals surface area (Å²) in [5.74, 6) is 0.623. The van der Waals surface area contributed by atoms with E-state index in [0.717, 1.165) is 13.0 Å². The molecular weight excluding hydrogens is 198 g/mol. The SMILES string of the molecule is CCn1cc(C2CC(N)C2(CC)CC)cn1. The standard InChI is InChI=1S/C13H23N3/c1-4-13(5-2)11(7-12(13)14)10-8-15-16(6-3)9-10/h8-9,11-12H,4-7,14H2,1-3H3. The van der Waals surface area contributed by atoms with Crippen LogP contribution in [0.2, 0.25) is 0 Å². The first-order valence-corrected chi connectivity index (χ1v) is 6.45. The molecule has 90 valence electrons. The highest BCUT2D eigenvalue weighted by molar-refractivity contribution is 5.24. The van der Waals surface area contributed by atoms with Crippen LogP contribution in [0.1, 0.15) is 51.5 Å². The summed E-state index contributed by atoms with van der Waals surface area (Å²) in [4.78, 5) is 0. The van der Waals surface area contributed by atoms with E-state index in [1.54, 1.807) is 0 Å². The minimum Gasteiger partial charge on any atom is -0.327 e. The van der Waals surface area contributed by atoms with Gasteiger partial charge in [-0.05, 0) is 43.1 Å².